The Labute approximate surface area is 146 Å². The van der Waals surface area contributed by atoms with Crippen LogP contribution in [-0.4, -0.2) is 35.0 Å². The molecule has 1 aliphatic heterocycles. The predicted octanol–water partition coefficient (Wildman–Crippen LogP) is 1.80. The van der Waals surface area contributed by atoms with Gasteiger partial charge in [0, 0.05) is 13.0 Å². The van der Waals surface area contributed by atoms with Gasteiger partial charge in [0.25, 0.3) is 0 Å². The molecule has 2 aromatic rings. The van der Waals surface area contributed by atoms with Crippen molar-refractivity contribution in [3.05, 3.63) is 35.4 Å². The molecule has 0 saturated carbocycles. The Hall–Kier alpha value is -2.77. The molecular formula is C17H23N5O3. The minimum atomic E-state index is -0.252. The maximum Gasteiger partial charge on any atom is 0.315 e. The largest absolute Gasteiger partial charge is 0.493 e. The summed E-state index contributed by atoms with van der Waals surface area (Å²) < 4.78 is 12.6. The van der Waals surface area contributed by atoms with Gasteiger partial charge in [-0.3, -0.25) is 0 Å². The van der Waals surface area contributed by atoms with Crippen LogP contribution in [0, 0.1) is 0 Å². The first-order valence-electron chi connectivity index (χ1n) is 8.29. The summed E-state index contributed by atoms with van der Waals surface area (Å²) >= 11 is 0. The van der Waals surface area contributed by atoms with Crippen LogP contribution in [0.4, 0.5) is 4.79 Å². The van der Waals surface area contributed by atoms with E-state index in [2.05, 4.69) is 25.4 Å². The third-order valence-corrected chi connectivity index (χ3v) is 4.35. The second-order valence-corrected chi connectivity index (χ2v) is 5.95. The molecule has 0 aliphatic carbocycles. The fourth-order valence-corrected chi connectivity index (χ4v) is 2.95. The van der Waals surface area contributed by atoms with Crippen molar-refractivity contribution in [1.29, 1.82) is 0 Å². The number of aryl methyl sites for hydroxylation is 1. The van der Waals surface area contributed by atoms with Gasteiger partial charge in [-0.25, -0.2) is 4.79 Å². The molecule has 134 valence electrons. The van der Waals surface area contributed by atoms with Crippen LogP contribution in [0.25, 0.3) is 0 Å². The molecule has 2 N–H and O–H groups in total. The van der Waals surface area contributed by atoms with Crippen molar-refractivity contribution >= 4 is 6.03 Å². The number of carbonyl (C=O) groups excluding carboxylic acids is 1. The Morgan fingerprint density at radius 1 is 1.28 bits per heavy atom. The molecule has 2 amide bonds. The number of hydrogen-bond donors (Lipinski definition) is 2. The number of hydrogen-bond acceptors (Lipinski definition) is 5. The van der Waals surface area contributed by atoms with Crippen LogP contribution in [0.3, 0.4) is 0 Å². The molecule has 3 rings (SSSR count). The normalized spacial score (nSPS) is 13.9. The van der Waals surface area contributed by atoms with Crippen LogP contribution in [0.15, 0.2) is 18.2 Å². The van der Waals surface area contributed by atoms with Crippen LogP contribution in [0.2, 0.25) is 0 Å². The molecule has 8 nitrogen and oxygen atoms in total. The molecule has 1 aromatic heterocycles. The zero-order valence-electron chi connectivity index (χ0n) is 14.7. The minimum absolute atomic E-state index is 0.177. The number of nitrogens with one attached hydrogen (secondary N) is 2. The van der Waals surface area contributed by atoms with Crippen molar-refractivity contribution in [1.82, 2.24) is 25.4 Å². The second-order valence-electron chi connectivity index (χ2n) is 5.95. The third kappa shape index (κ3) is 3.67. The summed E-state index contributed by atoms with van der Waals surface area (Å²) in [5.74, 6) is 3.08. The highest BCUT2D eigenvalue weighted by Gasteiger charge is 2.18. The van der Waals surface area contributed by atoms with E-state index in [1.807, 2.05) is 25.1 Å². The van der Waals surface area contributed by atoms with Gasteiger partial charge in [0.05, 0.1) is 26.8 Å². The maximum absolute atomic E-state index is 12.2. The summed E-state index contributed by atoms with van der Waals surface area (Å²) in [5, 5.41) is 14.0. The van der Waals surface area contributed by atoms with Crippen LogP contribution in [-0.2, 0) is 19.5 Å². The Kier molecular flexibility index (Phi) is 5.06. The topological polar surface area (TPSA) is 90.3 Å². The molecule has 0 saturated heterocycles. The van der Waals surface area contributed by atoms with Gasteiger partial charge >= 0.3 is 6.03 Å². The summed E-state index contributed by atoms with van der Waals surface area (Å²) in [6, 6.07) is 5.15. The molecule has 0 bridgehead atoms. The number of methoxy groups -OCH3 is 2. The van der Waals surface area contributed by atoms with Gasteiger partial charge < -0.3 is 24.7 Å². The molecule has 1 atom stereocenters. The number of aromatic nitrogens is 3. The molecule has 0 fully saturated rings. The number of rotatable bonds is 6. The van der Waals surface area contributed by atoms with E-state index in [-0.39, 0.29) is 12.1 Å². The quantitative estimate of drug-likeness (QED) is 0.833. The average Bonchev–Trinajstić information content (AvgIpc) is 3.23. The van der Waals surface area contributed by atoms with Crippen molar-refractivity contribution in [3.63, 3.8) is 0 Å². The first-order chi connectivity index (χ1) is 12.1. The number of fused-ring (bicyclic) bond motifs is 1. The molecule has 1 aliphatic rings. The van der Waals surface area contributed by atoms with E-state index in [1.54, 1.807) is 14.2 Å². The lowest BCUT2D eigenvalue weighted by molar-refractivity contribution is 0.237. The number of amides is 2. The van der Waals surface area contributed by atoms with Gasteiger partial charge in [0.1, 0.15) is 5.82 Å². The SMILES string of the molecule is COc1ccc(C(C)NC(=O)NCc2nnc3n2CCC3)cc1OC. The molecule has 2 heterocycles. The second kappa shape index (κ2) is 7.42. The Balaban J connectivity index is 1.57. The van der Waals surface area contributed by atoms with Gasteiger partial charge in [-0.15, -0.1) is 10.2 Å². The fourth-order valence-electron chi connectivity index (χ4n) is 2.95. The lowest BCUT2D eigenvalue weighted by Crippen LogP contribution is -2.37. The first-order valence-corrected chi connectivity index (χ1v) is 8.29. The minimum Gasteiger partial charge on any atom is -0.493 e. The number of ether oxygens (including phenoxy) is 2. The number of benzene rings is 1. The summed E-state index contributed by atoms with van der Waals surface area (Å²) in [7, 11) is 3.18. The van der Waals surface area contributed by atoms with Gasteiger partial charge in [0.2, 0.25) is 0 Å². The average molecular weight is 345 g/mol. The summed E-state index contributed by atoms with van der Waals surface area (Å²) in [6.07, 6.45) is 2.04. The van der Waals surface area contributed by atoms with Crippen LogP contribution in [0.5, 0.6) is 11.5 Å². The van der Waals surface area contributed by atoms with Gasteiger partial charge in [-0.05, 0) is 31.0 Å². The number of carbonyl (C=O) groups is 1. The van der Waals surface area contributed by atoms with E-state index in [9.17, 15) is 4.79 Å². The summed E-state index contributed by atoms with van der Waals surface area (Å²) in [4.78, 5) is 12.2. The standard InChI is InChI=1S/C17H23N5O3/c1-11(12-6-7-13(24-2)14(9-12)25-3)19-17(23)18-10-16-21-20-15-5-4-8-22(15)16/h6-7,9,11H,4-5,8,10H2,1-3H3,(H2,18,19,23). The summed E-state index contributed by atoms with van der Waals surface area (Å²) in [6.45, 7) is 3.19. The van der Waals surface area contributed by atoms with Crippen molar-refractivity contribution in [2.24, 2.45) is 0 Å². The van der Waals surface area contributed by atoms with Crippen molar-refractivity contribution in [2.75, 3.05) is 14.2 Å². The number of urea groups is 1. The molecule has 25 heavy (non-hydrogen) atoms. The monoisotopic (exact) mass is 345 g/mol. The van der Waals surface area contributed by atoms with Gasteiger partial charge in [-0.2, -0.15) is 0 Å². The van der Waals surface area contributed by atoms with Crippen molar-refractivity contribution in [2.45, 2.75) is 38.9 Å². The third-order valence-electron chi connectivity index (χ3n) is 4.35. The Bertz CT molecular complexity index is 759. The molecule has 0 spiro atoms. The van der Waals surface area contributed by atoms with Crippen molar-refractivity contribution in [3.8, 4) is 11.5 Å². The summed E-state index contributed by atoms with van der Waals surface area (Å²) in [5.41, 5.74) is 0.927. The fraction of sp³-hybridized carbons (Fsp3) is 0.471. The molecule has 1 unspecified atom stereocenters. The molecule has 0 radical (unpaired) electrons. The van der Waals surface area contributed by atoms with Crippen molar-refractivity contribution < 1.29 is 14.3 Å². The van der Waals surface area contributed by atoms with Crippen LogP contribution in [0.1, 0.15) is 36.6 Å². The maximum atomic E-state index is 12.2. The van der Waals surface area contributed by atoms with Crippen LogP contribution < -0.4 is 20.1 Å². The molecular weight excluding hydrogens is 322 g/mol. The van der Waals surface area contributed by atoms with E-state index >= 15 is 0 Å². The Morgan fingerprint density at radius 3 is 2.84 bits per heavy atom. The van der Waals surface area contributed by atoms with E-state index in [4.69, 9.17) is 9.47 Å². The molecule has 8 heteroatoms. The van der Waals surface area contributed by atoms with E-state index in [0.29, 0.717) is 18.0 Å². The van der Waals surface area contributed by atoms with E-state index in [1.165, 1.54) is 0 Å². The lowest BCUT2D eigenvalue weighted by Gasteiger charge is -2.17. The zero-order chi connectivity index (χ0) is 17.8. The van der Waals surface area contributed by atoms with Gasteiger partial charge in [0.15, 0.2) is 17.3 Å². The highest BCUT2D eigenvalue weighted by atomic mass is 16.5. The highest BCUT2D eigenvalue weighted by Crippen LogP contribution is 2.29. The van der Waals surface area contributed by atoms with Gasteiger partial charge in [-0.1, -0.05) is 6.07 Å². The molecule has 1 aromatic carbocycles. The lowest BCUT2D eigenvalue weighted by atomic mass is 10.1. The highest BCUT2D eigenvalue weighted by molar-refractivity contribution is 5.74. The van der Waals surface area contributed by atoms with E-state index < -0.39 is 0 Å². The smallest absolute Gasteiger partial charge is 0.315 e. The first kappa shape index (κ1) is 17.1. The number of nitrogens with zero attached hydrogens (tertiary/aromatic N) is 3. The predicted molar refractivity (Wildman–Crippen MR) is 91.7 cm³/mol. The zero-order valence-corrected chi connectivity index (χ0v) is 14.7. The Morgan fingerprint density at radius 2 is 2.08 bits per heavy atom. The van der Waals surface area contributed by atoms with Crippen LogP contribution >= 0.6 is 0 Å². The van der Waals surface area contributed by atoms with E-state index in [0.717, 1.165) is 36.6 Å².